The Bertz CT molecular complexity index is 2690. The Morgan fingerprint density at radius 2 is 0.673 bits per heavy atom. The van der Waals surface area contributed by atoms with Crippen LogP contribution in [0.25, 0.3) is 88.7 Å². The summed E-state index contributed by atoms with van der Waals surface area (Å²) >= 11 is 0. The van der Waals surface area contributed by atoms with Crippen LogP contribution in [0.2, 0.25) is 0 Å². The molecule has 0 fully saturated rings. The molecule has 0 N–H and O–H groups in total. The van der Waals surface area contributed by atoms with Crippen molar-refractivity contribution < 1.29 is 0 Å². The lowest BCUT2D eigenvalue weighted by atomic mass is 9.81. The zero-order valence-corrected chi connectivity index (χ0v) is 30.0. The largest absolute Gasteiger partial charge is 0.0619 e. The van der Waals surface area contributed by atoms with Gasteiger partial charge in [0.15, 0.2) is 0 Å². The fraction of sp³-hybridized carbons (Fsp3) is 0.115. The second-order valence-electron chi connectivity index (χ2n) is 16.1. The van der Waals surface area contributed by atoms with E-state index in [2.05, 4.69) is 185 Å². The van der Waals surface area contributed by atoms with Crippen molar-refractivity contribution in [1.29, 1.82) is 0 Å². The van der Waals surface area contributed by atoms with E-state index in [1.54, 1.807) is 0 Å². The summed E-state index contributed by atoms with van der Waals surface area (Å²) in [7, 11) is 0. The van der Waals surface area contributed by atoms with Gasteiger partial charge >= 0.3 is 0 Å². The molecule has 3 aliphatic carbocycles. The molecule has 0 heterocycles. The van der Waals surface area contributed by atoms with Gasteiger partial charge in [0.2, 0.25) is 0 Å². The predicted molar refractivity (Wildman–Crippen MR) is 220 cm³/mol. The van der Waals surface area contributed by atoms with Gasteiger partial charge in [-0.15, -0.1) is 0 Å². The molecule has 0 bridgehead atoms. The Hall–Kier alpha value is -5.98. The van der Waals surface area contributed by atoms with E-state index in [4.69, 9.17) is 0 Å². The van der Waals surface area contributed by atoms with E-state index in [-0.39, 0.29) is 10.8 Å². The van der Waals surface area contributed by atoms with Gasteiger partial charge in [-0.1, -0.05) is 155 Å². The van der Waals surface area contributed by atoms with Crippen LogP contribution in [0, 0.1) is 0 Å². The van der Waals surface area contributed by atoms with E-state index < -0.39 is 0 Å². The molecule has 0 nitrogen and oxygen atoms in total. The Morgan fingerprint density at radius 1 is 0.269 bits per heavy atom. The van der Waals surface area contributed by atoms with E-state index in [0.29, 0.717) is 0 Å². The van der Waals surface area contributed by atoms with E-state index in [1.807, 2.05) is 0 Å². The Kier molecular flexibility index (Phi) is 5.89. The lowest BCUT2D eigenvalue weighted by Crippen LogP contribution is -2.15. The highest BCUT2D eigenvalue weighted by Gasteiger charge is 2.36. The molecule has 0 unspecified atom stereocenters. The zero-order valence-electron chi connectivity index (χ0n) is 30.0. The summed E-state index contributed by atoms with van der Waals surface area (Å²) in [6.07, 6.45) is 0. The summed E-state index contributed by atoms with van der Waals surface area (Å²) in [5, 5.41) is 2.67. The first-order valence-corrected chi connectivity index (χ1v) is 18.6. The highest BCUT2D eigenvalue weighted by Crippen LogP contribution is 2.53. The van der Waals surface area contributed by atoms with Crippen molar-refractivity contribution in [1.82, 2.24) is 0 Å². The smallest absolute Gasteiger partial charge is 0.0159 e. The standard InChI is InChI=1S/C52H38/c1-51(2)46-18-9-7-14-39(46)41-22-20-31(29-48(41)51)33-26-34(32-21-23-42-40-15-8-10-19-47(40)52(3,4)49(42)30-32)28-35(27-33)36-24-25-45-38-13-6-5-12-37(38)44-17-11-16-43(36)50(44)45/h5-30H,1-4H3. The quantitative estimate of drug-likeness (QED) is 0.177. The minimum absolute atomic E-state index is 0.0599. The van der Waals surface area contributed by atoms with Crippen LogP contribution >= 0.6 is 0 Å². The molecule has 0 aliphatic heterocycles. The molecule has 0 amide bonds. The average Bonchev–Trinajstić information content (AvgIpc) is 3.72. The lowest BCUT2D eigenvalue weighted by Gasteiger charge is -2.23. The minimum Gasteiger partial charge on any atom is -0.0619 e. The number of hydrogen-bond acceptors (Lipinski definition) is 0. The maximum atomic E-state index is 2.46. The van der Waals surface area contributed by atoms with Gasteiger partial charge in [0.25, 0.3) is 0 Å². The Morgan fingerprint density at radius 3 is 1.23 bits per heavy atom. The summed E-state index contributed by atoms with van der Waals surface area (Å²) in [5.41, 5.74) is 23.8. The van der Waals surface area contributed by atoms with Crippen LogP contribution in [0.4, 0.5) is 0 Å². The summed E-state index contributed by atoms with van der Waals surface area (Å²) < 4.78 is 0. The molecular formula is C52H38. The first kappa shape index (κ1) is 29.7. The molecule has 11 rings (SSSR count). The first-order valence-electron chi connectivity index (χ1n) is 18.6. The number of fused-ring (bicyclic) bond motifs is 9. The first-order chi connectivity index (χ1) is 25.3. The van der Waals surface area contributed by atoms with Crippen molar-refractivity contribution >= 4 is 10.8 Å². The van der Waals surface area contributed by atoms with Crippen LogP contribution in [0.1, 0.15) is 49.9 Å². The van der Waals surface area contributed by atoms with Crippen molar-refractivity contribution in [2.24, 2.45) is 0 Å². The average molecular weight is 663 g/mol. The van der Waals surface area contributed by atoms with E-state index >= 15 is 0 Å². The predicted octanol–water partition coefficient (Wildman–Crippen LogP) is 14.1. The molecule has 8 aromatic rings. The van der Waals surface area contributed by atoms with Crippen LogP contribution in [0.15, 0.2) is 158 Å². The molecular weight excluding hydrogens is 625 g/mol. The fourth-order valence-electron chi connectivity index (χ4n) is 9.94. The van der Waals surface area contributed by atoms with Gasteiger partial charge in [-0.2, -0.15) is 0 Å². The third kappa shape index (κ3) is 3.93. The molecule has 0 atom stereocenters. The maximum Gasteiger partial charge on any atom is 0.0159 e. The Labute approximate surface area is 306 Å². The van der Waals surface area contributed by atoms with E-state index in [0.717, 1.165) is 0 Å². The lowest BCUT2D eigenvalue weighted by molar-refractivity contribution is 0.660. The second kappa shape index (κ2) is 10.3. The van der Waals surface area contributed by atoms with Crippen molar-refractivity contribution in [2.75, 3.05) is 0 Å². The van der Waals surface area contributed by atoms with Gasteiger partial charge in [0, 0.05) is 10.8 Å². The summed E-state index contributed by atoms with van der Waals surface area (Å²) in [6.45, 7) is 9.49. The van der Waals surface area contributed by atoms with Gasteiger partial charge in [-0.25, -0.2) is 0 Å². The molecule has 3 aliphatic rings. The highest BCUT2D eigenvalue weighted by atomic mass is 14.4. The summed E-state index contributed by atoms with van der Waals surface area (Å²) in [6, 6.07) is 59.9. The zero-order chi connectivity index (χ0) is 34.9. The van der Waals surface area contributed by atoms with Gasteiger partial charge < -0.3 is 0 Å². The normalized spacial score (nSPS) is 14.8. The topological polar surface area (TPSA) is 0 Å². The molecule has 0 saturated carbocycles. The molecule has 52 heavy (non-hydrogen) atoms. The molecule has 0 spiro atoms. The number of hydrogen-bond donors (Lipinski definition) is 0. The molecule has 0 aromatic heterocycles. The van der Waals surface area contributed by atoms with Crippen molar-refractivity contribution in [3.05, 3.63) is 180 Å². The summed E-state index contributed by atoms with van der Waals surface area (Å²) in [5.74, 6) is 0. The second-order valence-corrected chi connectivity index (χ2v) is 16.1. The van der Waals surface area contributed by atoms with Crippen LogP contribution in [0.5, 0.6) is 0 Å². The molecule has 0 heteroatoms. The van der Waals surface area contributed by atoms with Crippen LogP contribution in [-0.2, 0) is 10.8 Å². The number of rotatable bonds is 3. The monoisotopic (exact) mass is 662 g/mol. The SMILES string of the molecule is CC1(C)c2ccccc2-c2ccc(-c3cc(-c4ccc5c(c4)C(C)(C)c4ccccc4-5)cc(-c4ccc5c6c(cccc46)-c4ccccc4-5)c3)cc21. The van der Waals surface area contributed by atoms with Gasteiger partial charge in [-0.3, -0.25) is 0 Å². The molecule has 246 valence electrons. The van der Waals surface area contributed by atoms with Gasteiger partial charge in [-0.05, 0) is 141 Å². The third-order valence-corrected chi connectivity index (χ3v) is 12.6. The third-order valence-electron chi connectivity index (χ3n) is 12.6. The molecule has 0 radical (unpaired) electrons. The van der Waals surface area contributed by atoms with Crippen molar-refractivity contribution in [2.45, 2.75) is 38.5 Å². The summed E-state index contributed by atoms with van der Waals surface area (Å²) in [4.78, 5) is 0. The van der Waals surface area contributed by atoms with Crippen LogP contribution in [-0.4, -0.2) is 0 Å². The van der Waals surface area contributed by atoms with E-state index in [1.165, 1.54) is 111 Å². The van der Waals surface area contributed by atoms with Crippen LogP contribution in [0.3, 0.4) is 0 Å². The van der Waals surface area contributed by atoms with Crippen LogP contribution < -0.4 is 0 Å². The van der Waals surface area contributed by atoms with Crippen molar-refractivity contribution in [3.63, 3.8) is 0 Å². The molecule has 8 aromatic carbocycles. The highest BCUT2D eigenvalue weighted by molar-refractivity contribution is 6.18. The van der Waals surface area contributed by atoms with Gasteiger partial charge in [0.1, 0.15) is 0 Å². The molecule has 0 saturated heterocycles. The minimum atomic E-state index is -0.0599. The van der Waals surface area contributed by atoms with Crippen molar-refractivity contribution in [3.8, 4) is 77.9 Å². The van der Waals surface area contributed by atoms with Gasteiger partial charge in [0.05, 0.1) is 0 Å². The Balaban J connectivity index is 1.13. The fourth-order valence-corrected chi connectivity index (χ4v) is 9.94. The van der Waals surface area contributed by atoms with E-state index in [9.17, 15) is 0 Å². The maximum absolute atomic E-state index is 2.46. The number of benzene rings is 8.